The highest BCUT2D eigenvalue weighted by molar-refractivity contribution is 6.42. The lowest BCUT2D eigenvalue weighted by Gasteiger charge is -2.28. The van der Waals surface area contributed by atoms with E-state index in [0.29, 0.717) is 34.2 Å². The molecule has 3 rings (SSSR count). The Morgan fingerprint density at radius 2 is 1.76 bits per heavy atom. The van der Waals surface area contributed by atoms with Gasteiger partial charge in [0.25, 0.3) is 0 Å². The van der Waals surface area contributed by atoms with Crippen molar-refractivity contribution in [1.29, 1.82) is 0 Å². The molecule has 1 aliphatic heterocycles. The number of hydrogen-bond acceptors (Lipinski definition) is 3. The predicted molar refractivity (Wildman–Crippen MR) is 123 cm³/mol. The molecule has 0 aromatic heterocycles. The minimum atomic E-state index is -4.41. The molecular formula is C24H25Cl2F3N2O2. The zero-order valence-corrected chi connectivity index (χ0v) is 20.1. The number of amides is 1. The average molecular weight is 501 g/mol. The molecule has 1 amide bonds. The summed E-state index contributed by atoms with van der Waals surface area (Å²) in [6.45, 7) is 6.30. The largest absolute Gasteiger partial charge is 0.416 e. The lowest BCUT2D eigenvalue weighted by Crippen LogP contribution is -2.38. The zero-order chi connectivity index (χ0) is 24.4. The van der Waals surface area contributed by atoms with Gasteiger partial charge in [0.2, 0.25) is 5.91 Å². The monoisotopic (exact) mass is 500 g/mol. The number of rotatable bonds is 6. The van der Waals surface area contributed by atoms with Crippen molar-refractivity contribution in [2.45, 2.75) is 52.4 Å². The zero-order valence-electron chi connectivity index (χ0n) is 18.5. The van der Waals surface area contributed by atoms with Crippen LogP contribution < -0.4 is 0 Å². The number of alkyl halides is 3. The third-order valence-corrected chi connectivity index (χ3v) is 5.84. The molecule has 1 unspecified atom stereocenters. The molecule has 33 heavy (non-hydrogen) atoms. The topological polar surface area (TPSA) is 41.9 Å². The van der Waals surface area contributed by atoms with E-state index in [2.05, 4.69) is 5.16 Å². The Morgan fingerprint density at radius 3 is 2.33 bits per heavy atom. The van der Waals surface area contributed by atoms with Crippen LogP contribution in [-0.2, 0) is 22.4 Å². The summed E-state index contributed by atoms with van der Waals surface area (Å²) in [5.41, 5.74) is 1.11. The van der Waals surface area contributed by atoms with E-state index < -0.39 is 11.7 Å². The molecule has 9 heteroatoms. The summed E-state index contributed by atoms with van der Waals surface area (Å²) < 4.78 is 38.6. The number of nitrogens with zero attached hydrogens (tertiary/aromatic N) is 2. The molecule has 4 nitrogen and oxygen atoms in total. The summed E-state index contributed by atoms with van der Waals surface area (Å²) in [6, 6.07) is 10.0. The standard InChI is InChI=1S/C24H25Cl2F3N2O2/c1-23(2,3)12-22(32)31(13-15-4-7-17(8-5-15)24(27,28)29)14-18-11-21(30-33-18)16-6-9-19(25)20(26)10-16/h4-10,18H,11-14H2,1-3H3. The second kappa shape index (κ2) is 9.94. The number of carbonyl (C=O) groups excluding carboxylic acids is 1. The first-order valence-electron chi connectivity index (χ1n) is 10.4. The molecule has 178 valence electrons. The van der Waals surface area contributed by atoms with Crippen molar-refractivity contribution in [3.05, 3.63) is 69.2 Å². The molecule has 0 fully saturated rings. The molecule has 0 N–H and O–H groups in total. The fourth-order valence-electron chi connectivity index (χ4n) is 3.46. The van der Waals surface area contributed by atoms with Crippen molar-refractivity contribution in [2.75, 3.05) is 6.54 Å². The van der Waals surface area contributed by atoms with Crippen LogP contribution in [0.1, 0.15) is 50.3 Å². The first kappa shape index (κ1) is 25.4. The van der Waals surface area contributed by atoms with E-state index in [-0.39, 0.29) is 30.5 Å². The van der Waals surface area contributed by atoms with E-state index >= 15 is 0 Å². The second-order valence-corrected chi connectivity index (χ2v) is 10.1. The van der Waals surface area contributed by atoms with E-state index in [9.17, 15) is 18.0 Å². The van der Waals surface area contributed by atoms with E-state index in [4.69, 9.17) is 28.0 Å². The quantitative estimate of drug-likeness (QED) is 0.429. The van der Waals surface area contributed by atoms with Gasteiger partial charge >= 0.3 is 6.18 Å². The molecule has 1 atom stereocenters. The number of halogens is 5. The maximum Gasteiger partial charge on any atom is 0.416 e. The summed E-state index contributed by atoms with van der Waals surface area (Å²) in [4.78, 5) is 20.2. The van der Waals surface area contributed by atoms with Gasteiger partial charge in [-0.2, -0.15) is 13.2 Å². The fourth-order valence-corrected chi connectivity index (χ4v) is 3.76. The number of carbonyl (C=O) groups is 1. The van der Waals surface area contributed by atoms with Crippen molar-refractivity contribution < 1.29 is 22.8 Å². The highest BCUT2D eigenvalue weighted by atomic mass is 35.5. The van der Waals surface area contributed by atoms with E-state index in [1.54, 1.807) is 23.1 Å². The molecule has 0 bridgehead atoms. The summed E-state index contributed by atoms with van der Waals surface area (Å²) in [7, 11) is 0. The van der Waals surface area contributed by atoms with Crippen molar-refractivity contribution in [2.24, 2.45) is 10.6 Å². The lowest BCUT2D eigenvalue weighted by atomic mass is 9.91. The predicted octanol–water partition coefficient (Wildman–Crippen LogP) is 6.97. The molecule has 0 aliphatic carbocycles. The Bertz CT molecular complexity index is 1030. The lowest BCUT2D eigenvalue weighted by molar-refractivity contribution is -0.138. The molecule has 2 aromatic carbocycles. The smallest absolute Gasteiger partial charge is 0.390 e. The van der Waals surface area contributed by atoms with Gasteiger partial charge in [-0.15, -0.1) is 0 Å². The molecule has 0 saturated heterocycles. The minimum absolute atomic E-state index is 0.103. The van der Waals surface area contributed by atoms with E-state index in [1.165, 1.54) is 12.1 Å². The van der Waals surface area contributed by atoms with Crippen LogP contribution in [0.5, 0.6) is 0 Å². The van der Waals surface area contributed by atoms with Crippen LogP contribution in [0.2, 0.25) is 10.0 Å². The van der Waals surface area contributed by atoms with Gasteiger partial charge in [-0.1, -0.05) is 67.3 Å². The molecule has 0 radical (unpaired) electrons. The number of benzene rings is 2. The van der Waals surface area contributed by atoms with E-state index in [1.807, 2.05) is 20.8 Å². The molecule has 0 spiro atoms. The van der Waals surface area contributed by atoms with Crippen LogP contribution in [0.25, 0.3) is 0 Å². The summed E-state index contributed by atoms with van der Waals surface area (Å²) in [5.74, 6) is -0.103. The van der Waals surface area contributed by atoms with Gasteiger partial charge in [-0.3, -0.25) is 4.79 Å². The molecule has 1 aliphatic rings. The molecular weight excluding hydrogens is 476 g/mol. The van der Waals surface area contributed by atoms with Crippen molar-refractivity contribution in [3.8, 4) is 0 Å². The van der Waals surface area contributed by atoms with Crippen LogP contribution >= 0.6 is 23.2 Å². The van der Waals surface area contributed by atoms with Crippen LogP contribution in [0.4, 0.5) is 13.2 Å². The Hall–Kier alpha value is -2.25. The Labute approximate surface area is 201 Å². The Morgan fingerprint density at radius 1 is 1.09 bits per heavy atom. The summed E-state index contributed by atoms with van der Waals surface area (Å²) in [5, 5.41) is 4.99. The van der Waals surface area contributed by atoms with Gasteiger partial charge in [0.05, 0.1) is 27.9 Å². The molecule has 2 aromatic rings. The van der Waals surface area contributed by atoms with Gasteiger partial charge in [-0.25, -0.2) is 0 Å². The normalized spacial score (nSPS) is 16.4. The van der Waals surface area contributed by atoms with Gasteiger partial charge in [0, 0.05) is 24.9 Å². The SMILES string of the molecule is CC(C)(C)CC(=O)N(Cc1ccc(C(F)(F)F)cc1)CC1CC(c2ccc(Cl)c(Cl)c2)=NO1. The number of oxime groups is 1. The Kier molecular flexibility index (Phi) is 7.64. The molecule has 0 saturated carbocycles. The van der Waals surface area contributed by atoms with Crippen LogP contribution in [-0.4, -0.2) is 29.2 Å². The second-order valence-electron chi connectivity index (χ2n) is 9.30. The fraction of sp³-hybridized carbons (Fsp3) is 0.417. The first-order chi connectivity index (χ1) is 15.3. The van der Waals surface area contributed by atoms with Gasteiger partial charge in [0.1, 0.15) is 0 Å². The van der Waals surface area contributed by atoms with Gasteiger partial charge in [-0.05, 0) is 35.2 Å². The average Bonchev–Trinajstić information content (AvgIpc) is 3.16. The third kappa shape index (κ3) is 7.11. The van der Waals surface area contributed by atoms with E-state index in [0.717, 1.165) is 17.7 Å². The summed E-state index contributed by atoms with van der Waals surface area (Å²) >= 11 is 12.1. The van der Waals surface area contributed by atoms with Gasteiger partial charge < -0.3 is 9.74 Å². The maximum absolute atomic E-state index is 13.0. The van der Waals surface area contributed by atoms with Crippen LogP contribution in [0, 0.1) is 5.41 Å². The highest BCUT2D eigenvalue weighted by Crippen LogP contribution is 2.30. The maximum atomic E-state index is 13.0. The summed E-state index contributed by atoms with van der Waals surface area (Å²) in [6.07, 6.45) is -4.03. The third-order valence-electron chi connectivity index (χ3n) is 5.10. The van der Waals surface area contributed by atoms with Crippen LogP contribution in [0.15, 0.2) is 47.6 Å². The minimum Gasteiger partial charge on any atom is -0.390 e. The Balaban J connectivity index is 1.72. The van der Waals surface area contributed by atoms with Crippen molar-refractivity contribution in [3.63, 3.8) is 0 Å². The first-order valence-corrected chi connectivity index (χ1v) is 11.2. The van der Waals surface area contributed by atoms with Crippen molar-refractivity contribution in [1.82, 2.24) is 4.90 Å². The number of hydrogen-bond donors (Lipinski definition) is 0. The van der Waals surface area contributed by atoms with Crippen molar-refractivity contribution >= 4 is 34.8 Å². The van der Waals surface area contributed by atoms with Gasteiger partial charge in [0.15, 0.2) is 6.10 Å². The highest BCUT2D eigenvalue weighted by Gasteiger charge is 2.31. The molecule has 1 heterocycles. The van der Waals surface area contributed by atoms with Crippen LogP contribution in [0.3, 0.4) is 0 Å².